The highest BCUT2D eigenvalue weighted by atomic mass is 32.2. The van der Waals surface area contributed by atoms with Gasteiger partial charge in [-0.3, -0.25) is 9.45 Å². The van der Waals surface area contributed by atoms with E-state index in [-0.39, 0.29) is 6.54 Å². The summed E-state index contributed by atoms with van der Waals surface area (Å²) in [7, 11) is -2.62. The first-order valence-corrected chi connectivity index (χ1v) is 8.83. The van der Waals surface area contributed by atoms with Gasteiger partial charge in [-0.2, -0.15) is 13.1 Å². The summed E-state index contributed by atoms with van der Waals surface area (Å²) in [4.78, 5) is 4.28. The molecule has 1 saturated heterocycles. The SMILES string of the molecule is COc1ccccc1N1CCN(C[C@H](O)CNS(=O)(=O)O)CC1. The van der Waals surface area contributed by atoms with E-state index >= 15 is 0 Å². The number of ether oxygens (including phenoxy) is 1. The Kier molecular flexibility index (Phi) is 6.19. The number of hydrogen-bond donors (Lipinski definition) is 3. The molecular weight excluding hydrogens is 322 g/mol. The Morgan fingerprint density at radius 1 is 1.26 bits per heavy atom. The molecule has 9 heteroatoms. The van der Waals surface area contributed by atoms with E-state index in [0.717, 1.165) is 37.6 Å². The second kappa shape index (κ2) is 7.93. The number of rotatable bonds is 7. The fourth-order valence-electron chi connectivity index (χ4n) is 2.63. The zero-order valence-corrected chi connectivity index (χ0v) is 13.9. The van der Waals surface area contributed by atoms with Crippen LogP contribution in [0, 0.1) is 0 Å². The molecule has 1 heterocycles. The van der Waals surface area contributed by atoms with Crippen LogP contribution in [0.3, 0.4) is 0 Å². The van der Waals surface area contributed by atoms with Gasteiger partial charge in [0.1, 0.15) is 5.75 Å². The first-order valence-electron chi connectivity index (χ1n) is 7.39. The van der Waals surface area contributed by atoms with Gasteiger partial charge in [0.2, 0.25) is 0 Å². The Balaban J connectivity index is 1.82. The minimum Gasteiger partial charge on any atom is -0.495 e. The van der Waals surface area contributed by atoms with Gasteiger partial charge in [0, 0.05) is 39.3 Å². The molecule has 0 spiro atoms. The number of hydrogen-bond acceptors (Lipinski definition) is 6. The van der Waals surface area contributed by atoms with Crippen LogP contribution in [-0.2, 0) is 10.3 Å². The summed E-state index contributed by atoms with van der Waals surface area (Å²) in [6.07, 6.45) is -0.866. The van der Waals surface area contributed by atoms with Gasteiger partial charge in [-0.25, -0.2) is 0 Å². The molecule has 1 fully saturated rings. The van der Waals surface area contributed by atoms with Crippen molar-refractivity contribution in [3.05, 3.63) is 24.3 Å². The molecule has 0 aliphatic carbocycles. The number of para-hydroxylation sites is 2. The number of benzene rings is 1. The number of nitrogens with zero attached hydrogens (tertiary/aromatic N) is 2. The molecule has 0 saturated carbocycles. The first kappa shape index (κ1) is 18.0. The van der Waals surface area contributed by atoms with Gasteiger partial charge in [0.15, 0.2) is 0 Å². The van der Waals surface area contributed by atoms with Crippen molar-refractivity contribution < 1.29 is 22.8 Å². The highest BCUT2D eigenvalue weighted by Gasteiger charge is 2.21. The van der Waals surface area contributed by atoms with Crippen molar-refractivity contribution in [2.45, 2.75) is 6.10 Å². The van der Waals surface area contributed by atoms with Crippen LogP contribution in [0.2, 0.25) is 0 Å². The summed E-state index contributed by atoms with van der Waals surface area (Å²) in [5.41, 5.74) is 1.04. The molecule has 8 nitrogen and oxygen atoms in total. The summed E-state index contributed by atoms with van der Waals surface area (Å²) >= 11 is 0. The van der Waals surface area contributed by atoms with E-state index < -0.39 is 16.4 Å². The Morgan fingerprint density at radius 2 is 1.91 bits per heavy atom. The summed E-state index contributed by atoms with van der Waals surface area (Å²) in [6, 6.07) is 7.83. The number of β-amino-alcohol motifs (C(OH)–C–C–N with tert-alkyl or cyclic N) is 1. The fraction of sp³-hybridized carbons (Fsp3) is 0.571. The van der Waals surface area contributed by atoms with E-state index in [4.69, 9.17) is 9.29 Å². The number of nitrogens with one attached hydrogen (secondary N) is 1. The van der Waals surface area contributed by atoms with E-state index in [0.29, 0.717) is 6.54 Å². The van der Waals surface area contributed by atoms with Crippen molar-refractivity contribution in [2.24, 2.45) is 0 Å². The number of aliphatic hydroxyl groups excluding tert-OH is 1. The van der Waals surface area contributed by atoms with Crippen molar-refractivity contribution in [3.8, 4) is 5.75 Å². The van der Waals surface area contributed by atoms with E-state index in [1.54, 1.807) is 7.11 Å². The van der Waals surface area contributed by atoms with Crippen LogP contribution < -0.4 is 14.4 Å². The third kappa shape index (κ3) is 5.63. The molecule has 0 aromatic heterocycles. The Morgan fingerprint density at radius 3 is 2.52 bits per heavy atom. The maximum atomic E-state index is 10.6. The van der Waals surface area contributed by atoms with Gasteiger partial charge >= 0.3 is 10.3 Å². The summed E-state index contributed by atoms with van der Waals surface area (Å²) in [6.45, 7) is 3.23. The molecule has 1 aromatic carbocycles. The topological polar surface area (TPSA) is 102 Å². The zero-order chi connectivity index (χ0) is 16.9. The summed E-state index contributed by atoms with van der Waals surface area (Å²) < 4.78 is 37.0. The van der Waals surface area contributed by atoms with E-state index in [1.165, 1.54) is 0 Å². The Hall–Kier alpha value is -1.39. The lowest BCUT2D eigenvalue weighted by Gasteiger charge is -2.37. The van der Waals surface area contributed by atoms with Crippen molar-refractivity contribution in [1.29, 1.82) is 0 Å². The molecule has 23 heavy (non-hydrogen) atoms. The van der Waals surface area contributed by atoms with Gasteiger partial charge in [-0.05, 0) is 12.1 Å². The summed E-state index contributed by atoms with van der Waals surface area (Å²) in [5.74, 6) is 0.832. The van der Waals surface area contributed by atoms with Crippen molar-refractivity contribution in [2.75, 3.05) is 51.3 Å². The highest BCUT2D eigenvalue weighted by molar-refractivity contribution is 7.83. The van der Waals surface area contributed by atoms with Crippen LogP contribution in [0.4, 0.5) is 5.69 Å². The molecule has 0 radical (unpaired) electrons. The van der Waals surface area contributed by atoms with Crippen LogP contribution in [0.25, 0.3) is 0 Å². The largest absolute Gasteiger partial charge is 0.495 e. The van der Waals surface area contributed by atoms with E-state index in [9.17, 15) is 13.5 Å². The van der Waals surface area contributed by atoms with Gasteiger partial charge in [-0.15, -0.1) is 0 Å². The second-order valence-corrected chi connectivity index (χ2v) is 6.68. The number of piperazine rings is 1. The lowest BCUT2D eigenvalue weighted by molar-refractivity contribution is 0.111. The standard InChI is InChI=1S/C14H23N3O5S/c1-22-14-5-3-2-4-13(14)17-8-6-16(7-9-17)11-12(18)10-15-23(19,20)21/h2-5,12,15,18H,6-11H2,1H3,(H,19,20,21)/t12-/m1/s1. The van der Waals surface area contributed by atoms with Crippen molar-refractivity contribution >= 4 is 16.0 Å². The van der Waals surface area contributed by atoms with E-state index in [1.807, 2.05) is 29.0 Å². The summed E-state index contributed by atoms with van der Waals surface area (Å²) in [5, 5.41) is 9.82. The number of methoxy groups -OCH3 is 1. The predicted molar refractivity (Wildman–Crippen MR) is 87.2 cm³/mol. The van der Waals surface area contributed by atoms with Crippen LogP contribution in [0.15, 0.2) is 24.3 Å². The van der Waals surface area contributed by atoms with Gasteiger partial charge < -0.3 is 14.7 Å². The maximum absolute atomic E-state index is 10.6. The van der Waals surface area contributed by atoms with Crippen LogP contribution in [0.1, 0.15) is 0 Å². The smallest absolute Gasteiger partial charge is 0.333 e. The number of aliphatic hydroxyl groups is 1. The molecule has 130 valence electrons. The maximum Gasteiger partial charge on any atom is 0.333 e. The molecule has 0 unspecified atom stereocenters. The Bertz CT molecular complexity index is 602. The molecule has 3 N–H and O–H groups in total. The zero-order valence-electron chi connectivity index (χ0n) is 13.1. The molecule has 1 atom stereocenters. The molecular formula is C14H23N3O5S. The van der Waals surface area contributed by atoms with Crippen LogP contribution in [-0.4, -0.2) is 75.5 Å². The Labute approximate surface area is 136 Å². The highest BCUT2D eigenvalue weighted by Crippen LogP contribution is 2.28. The van der Waals surface area contributed by atoms with Crippen LogP contribution in [0.5, 0.6) is 5.75 Å². The second-order valence-electron chi connectivity index (χ2n) is 5.44. The molecule has 1 aliphatic rings. The fourth-order valence-corrected chi connectivity index (χ4v) is 3.03. The average molecular weight is 345 g/mol. The minimum atomic E-state index is -4.26. The van der Waals surface area contributed by atoms with Crippen molar-refractivity contribution in [3.63, 3.8) is 0 Å². The normalized spacial score (nSPS) is 18.0. The monoisotopic (exact) mass is 345 g/mol. The predicted octanol–water partition coefficient (Wildman–Crippen LogP) is -0.429. The average Bonchev–Trinajstić information content (AvgIpc) is 2.53. The third-order valence-electron chi connectivity index (χ3n) is 3.77. The van der Waals surface area contributed by atoms with Gasteiger partial charge in [0.05, 0.1) is 18.9 Å². The lowest BCUT2D eigenvalue weighted by atomic mass is 10.2. The third-order valence-corrected chi connectivity index (χ3v) is 4.30. The first-order chi connectivity index (χ1) is 10.9. The van der Waals surface area contributed by atoms with Crippen LogP contribution >= 0.6 is 0 Å². The molecule has 2 rings (SSSR count). The molecule has 0 amide bonds. The van der Waals surface area contributed by atoms with Crippen molar-refractivity contribution in [1.82, 2.24) is 9.62 Å². The minimum absolute atomic E-state index is 0.203. The van der Waals surface area contributed by atoms with Gasteiger partial charge in [0.25, 0.3) is 0 Å². The number of anilines is 1. The quantitative estimate of drug-likeness (QED) is 0.576. The van der Waals surface area contributed by atoms with E-state index in [2.05, 4.69) is 9.80 Å². The molecule has 0 bridgehead atoms. The van der Waals surface area contributed by atoms with Gasteiger partial charge in [-0.1, -0.05) is 12.1 Å². The molecule has 1 aromatic rings. The molecule has 1 aliphatic heterocycles. The lowest BCUT2D eigenvalue weighted by Crippen LogP contribution is -2.50.